The number of guanidine groups is 1. The van der Waals surface area contributed by atoms with Gasteiger partial charge in [-0.1, -0.05) is 12.3 Å². The first kappa shape index (κ1) is 27.9. The maximum atomic E-state index is 13.4. The summed E-state index contributed by atoms with van der Waals surface area (Å²) in [4.78, 5) is 53.9. The lowest BCUT2D eigenvalue weighted by molar-refractivity contribution is -0.525. The van der Waals surface area contributed by atoms with Crippen molar-refractivity contribution in [1.29, 1.82) is 0 Å². The predicted molar refractivity (Wildman–Crippen MR) is 120 cm³/mol. The number of nitro groups is 1. The van der Waals surface area contributed by atoms with Crippen LogP contribution < -0.4 is 16.5 Å². The van der Waals surface area contributed by atoms with Gasteiger partial charge in [-0.25, -0.2) is 24.7 Å². The highest BCUT2D eigenvalue weighted by molar-refractivity contribution is 5.90. The first-order valence-electron chi connectivity index (χ1n) is 11.0. The van der Waals surface area contributed by atoms with Gasteiger partial charge in [-0.05, 0) is 59.3 Å². The van der Waals surface area contributed by atoms with Gasteiger partial charge in [-0.15, -0.1) is 0 Å². The molecule has 0 bridgehead atoms. The SMILES string of the molecule is CCOC(=O)[C@@H]1C[C@H](C)CCN1C(=O)[C@H](CCCN=C(N)N[N+](=O)[O-])NC(=O)OC(C)(C)C. The van der Waals surface area contributed by atoms with E-state index in [4.69, 9.17) is 15.2 Å². The summed E-state index contributed by atoms with van der Waals surface area (Å²) >= 11 is 0. The maximum absolute atomic E-state index is 13.4. The van der Waals surface area contributed by atoms with Crippen LogP contribution in [0.1, 0.15) is 60.3 Å². The standard InChI is InChI=1S/C20H36N6O7/c1-6-32-17(28)15-12-13(2)9-11-25(15)16(27)14(23-19(29)33-20(3,4)5)8-7-10-22-18(21)24-26(30)31/h13-15H,6-12H2,1-5H3,(H,23,29)(H3,21,22,24)/t13-,14+,15+/m1/s1. The van der Waals surface area contributed by atoms with Crippen molar-refractivity contribution in [3.63, 3.8) is 0 Å². The van der Waals surface area contributed by atoms with Gasteiger partial charge in [0.25, 0.3) is 5.96 Å². The van der Waals surface area contributed by atoms with E-state index in [9.17, 15) is 24.5 Å². The van der Waals surface area contributed by atoms with Gasteiger partial charge in [0.05, 0.1) is 6.61 Å². The highest BCUT2D eigenvalue weighted by Gasteiger charge is 2.39. The van der Waals surface area contributed by atoms with Gasteiger partial charge >= 0.3 is 12.1 Å². The topological polar surface area (TPSA) is 178 Å². The highest BCUT2D eigenvalue weighted by Crippen LogP contribution is 2.25. The molecule has 1 rings (SSSR count). The van der Waals surface area contributed by atoms with Crippen LogP contribution in [-0.2, 0) is 19.1 Å². The van der Waals surface area contributed by atoms with Crippen LogP contribution in [0.25, 0.3) is 0 Å². The molecular weight excluding hydrogens is 436 g/mol. The fourth-order valence-corrected chi connectivity index (χ4v) is 3.40. The van der Waals surface area contributed by atoms with Gasteiger partial charge in [0.15, 0.2) is 5.03 Å². The van der Waals surface area contributed by atoms with Crippen molar-refractivity contribution >= 4 is 23.9 Å². The molecule has 1 fully saturated rings. The third kappa shape index (κ3) is 10.4. The molecule has 1 aliphatic rings. The zero-order chi connectivity index (χ0) is 25.2. The second kappa shape index (κ2) is 12.8. The molecule has 0 radical (unpaired) electrons. The zero-order valence-corrected chi connectivity index (χ0v) is 20.0. The summed E-state index contributed by atoms with van der Waals surface area (Å²) in [5, 5.41) is 12.1. The summed E-state index contributed by atoms with van der Waals surface area (Å²) in [5.41, 5.74) is 6.36. The Morgan fingerprint density at radius 3 is 2.58 bits per heavy atom. The van der Waals surface area contributed by atoms with E-state index in [1.54, 1.807) is 33.1 Å². The molecule has 188 valence electrons. The molecule has 0 aromatic heterocycles. The van der Waals surface area contributed by atoms with Crippen molar-refractivity contribution in [3.05, 3.63) is 10.1 Å². The van der Waals surface area contributed by atoms with Crippen LogP contribution in [0, 0.1) is 16.0 Å². The van der Waals surface area contributed by atoms with Gasteiger partial charge < -0.3 is 25.4 Å². The van der Waals surface area contributed by atoms with E-state index in [0.29, 0.717) is 25.8 Å². The van der Waals surface area contributed by atoms with Crippen LogP contribution in [0.2, 0.25) is 0 Å². The molecule has 1 aliphatic heterocycles. The fourth-order valence-electron chi connectivity index (χ4n) is 3.40. The molecule has 3 atom stereocenters. The second-order valence-corrected chi connectivity index (χ2v) is 8.91. The van der Waals surface area contributed by atoms with E-state index in [0.717, 1.165) is 0 Å². The minimum atomic E-state index is -0.981. The van der Waals surface area contributed by atoms with Crippen LogP contribution >= 0.6 is 0 Å². The van der Waals surface area contributed by atoms with Crippen molar-refractivity contribution in [1.82, 2.24) is 15.6 Å². The van der Waals surface area contributed by atoms with Crippen molar-refractivity contribution in [2.24, 2.45) is 16.6 Å². The number of carbonyl (C=O) groups is 3. The van der Waals surface area contributed by atoms with E-state index < -0.39 is 40.7 Å². The van der Waals surface area contributed by atoms with Crippen molar-refractivity contribution in [2.75, 3.05) is 19.7 Å². The van der Waals surface area contributed by atoms with E-state index in [2.05, 4.69) is 10.3 Å². The molecule has 0 spiro atoms. The van der Waals surface area contributed by atoms with Crippen LogP contribution in [0.15, 0.2) is 4.99 Å². The van der Waals surface area contributed by atoms with Crippen molar-refractivity contribution in [3.8, 4) is 0 Å². The lowest BCUT2D eigenvalue weighted by Crippen LogP contribution is -2.57. The Morgan fingerprint density at radius 1 is 1.33 bits per heavy atom. The van der Waals surface area contributed by atoms with Crippen LogP contribution in [-0.4, -0.2) is 71.2 Å². The first-order valence-corrected chi connectivity index (χ1v) is 11.0. The Morgan fingerprint density at radius 2 is 2.00 bits per heavy atom. The summed E-state index contributed by atoms with van der Waals surface area (Å²) < 4.78 is 10.4. The normalized spacial score (nSPS) is 19.9. The van der Waals surface area contributed by atoms with Crippen LogP contribution in [0.4, 0.5) is 4.79 Å². The summed E-state index contributed by atoms with van der Waals surface area (Å²) in [6.45, 7) is 9.45. The first-order chi connectivity index (χ1) is 15.3. The number of amides is 2. The number of likely N-dealkylation sites (tertiary alicyclic amines) is 1. The number of hydrogen-bond donors (Lipinski definition) is 3. The number of aliphatic imine (C=N–C) groups is 1. The minimum Gasteiger partial charge on any atom is -0.464 e. The van der Waals surface area contributed by atoms with Crippen LogP contribution in [0.5, 0.6) is 0 Å². The van der Waals surface area contributed by atoms with Gasteiger partial charge in [0.1, 0.15) is 17.7 Å². The third-order valence-corrected chi connectivity index (χ3v) is 4.83. The summed E-state index contributed by atoms with van der Waals surface area (Å²) in [7, 11) is 0. The van der Waals surface area contributed by atoms with Gasteiger partial charge in [0, 0.05) is 13.1 Å². The largest absolute Gasteiger partial charge is 0.464 e. The number of alkyl carbamates (subject to hydrolysis) is 1. The minimum absolute atomic E-state index is 0.0881. The number of esters is 1. The molecule has 13 heteroatoms. The molecule has 0 unspecified atom stereocenters. The Kier molecular flexibility index (Phi) is 10.8. The monoisotopic (exact) mass is 472 g/mol. The number of ether oxygens (including phenoxy) is 2. The number of nitrogens with zero attached hydrogens (tertiary/aromatic N) is 3. The smallest absolute Gasteiger partial charge is 0.408 e. The van der Waals surface area contributed by atoms with E-state index in [-0.39, 0.29) is 31.4 Å². The number of piperidine rings is 1. The van der Waals surface area contributed by atoms with E-state index >= 15 is 0 Å². The molecule has 0 saturated carbocycles. The number of nitrogens with one attached hydrogen (secondary N) is 2. The molecule has 0 aromatic rings. The average Bonchev–Trinajstić information content (AvgIpc) is 2.68. The molecule has 13 nitrogen and oxygen atoms in total. The molecular formula is C20H36N6O7. The Labute approximate surface area is 193 Å². The number of nitrogens with two attached hydrogens (primary N) is 1. The van der Waals surface area contributed by atoms with E-state index in [1.165, 1.54) is 4.90 Å². The second-order valence-electron chi connectivity index (χ2n) is 8.91. The molecule has 1 heterocycles. The third-order valence-electron chi connectivity index (χ3n) is 4.83. The van der Waals surface area contributed by atoms with Gasteiger partial charge in [0.2, 0.25) is 5.91 Å². The molecule has 4 N–H and O–H groups in total. The molecule has 33 heavy (non-hydrogen) atoms. The Hall–Kier alpha value is -3.12. The quantitative estimate of drug-likeness (QED) is 0.110. The van der Waals surface area contributed by atoms with Crippen LogP contribution in [0.3, 0.4) is 0 Å². The number of hydrogen-bond acceptors (Lipinski definition) is 8. The summed E-state index contributed by atoms with van der Waals surface area (Å²) in [6, 6.07) is -1.72. The number of carbonyl (C=O) groups excluding carboxylic acids is 3. The fraction of sp³-hybridized carbons (Fsp3) is 0.800. The van der Waals surface area contributed by atoms with Gasteiger partial charge in [-0.3, -0.25) is 4.79 Å². The van der Waals surface area contributed by atoms with Gasteiger partial charge in [-0.2, -0.15) is 0 Å². The lowest BCUT2D eigenvalue weighted by Gasteiger charge is -2.38. The zero-order valence-electron chi connectivity index (χ0n) is 20.0. The summed E-state index contributed by atoms with van der Waals surface area (Å²) in [5.74, 6) is -1.02. The average molecular weight is 473 g/mol. The predicted octanol–water partition coefficient (Wildman–Crippen LogP) is 0.946. The molecule has 1 saturated heterocycles. The number of rotatable bonds is 9. The Balaban J connectivity index is 2.97. The molecule has 0 aromatic carbocycles. The molecule has 0 aliphatic carbocycles. The van der Waals surface area contributed by atoms with Crippen molar-refractivity contribution < 1.29 is 28.9 Å². The van der Waals surface area contributed by atoms with Crippen molar-refractivity contribution in [2.45, 2.75) is 78.0 Å². The number of hydrazine groups is 1. The summed E-state index contributed by atoms with van der Waals surface area (Å²) in [6.07, 6.45) is 0.873. The molecule has 2 amide bonds. The maximum Gasteiger partial charge on any atom is 0.408 e. The highest BCUT2D eigenvalue weighted by atomic mass is 16.7. The van der Waals surface area contributed by atoms with E-state index in [1.807, 2.05) is 6.92 Å². The lowest BCUT2D eigenvalue weighted by atomic mass is 9.91. The Bertz CT molecular complexity index is 737.